The lowest BCUT2D eigenvalue weighted by atomic mass is 10.1. The van der Waals surface area contributed by atoms with Gasteiger partial charge in [0.15, 0.2) is 0 Å². The molecule has 0 N–H and O–H groups in total. The molecule has 180 valence electrons. The Morgan fingerprint density at radius 3 is 2.68 bits per heavy atom. The molecule has 2 aliphatic heterocycles. The molecule has 1 aromatic carbocycles. The fourth-order valence-corrected chi connectivity index (χ4v) is 4.68. The summed E-state index contributed by atoms with van der Waals surface area (Å²) in [5, 5.41) is 0. The van der Waals surface area contributed by atoms with E-state index < -0.39 is 11.7 Å². The number of halogens is 3. The van der Waals surface area contributed by atoms with Gasteiger partial charge in [-0.1, -0.05) is 18.2 Å². The van der Waals surface area contributed by atoms with Crippen molar-refractivity contribution >= 4 is 11.8 Å². The van der Waals surface area contributed by atoms with Gasteiger partial charge in [0, 0.05) is 31.8 Å². The maximum atomic E-state index is 13.0. The number of benzene rings is 1. The minimum Gasteiger partial charge on any atom is -0.471 e. The Balaban J connectivity index is 1.21. The number of nitrogens with zero attached hydrogens (tertiary/aromatic N) is 4. The molecule has 2 amide bonds. The molecule has 0 spiro atoms. The van der Waals surface area contributed by atoms with Crippen LogP contribution in [0.4, 0.5) is 13.2 Å². The van der Waals surface area contributed by atoms with Crippen LogP contribution in [0.15, 0.2) is 36.7 Å². The summed E-state index contributed by atoms with van der Waals surface area (Å²) in [4.78, 5) is 37.7. The molecule has 1 aromatic heterocycles. The van der Waals surface area contributed by atoms with Gasteiger partial charge in [-0.05, 0) is 24.5 Å². The zero-order chi connectivity index (χ0) is 23.9. The average molecular weight is 474 g/mol. The van der Waals surface area contributed by atoms with Crippen molar-refractivity contribution in [2.24, 2.45) is 0 Å². The molecule has 7 nitrogen and oxygen atoms in total. The van der Waals surface area contributed by atoms with Crippen molar-refractivity contribution in [3.8, 4) is 5.88 Å². The molecule has 2 aromatic rings. The zero-order valence-corrected chi connectivity index (χ0v) is 18.5. The maximum absolute atomic E-state index is 13.0. The molecule has 34 heavy (non-hydrogen) atoms. The highest BCUT2D eigenvalue weighted by atomic mass is 19.4. The fraction of sp³-hybridized carbons (Fsp3) is 0.500. The van der Waals surface area contributed by atoms with Crippen molar-refractivity contribution in [1.82, 2.24) is 19.8 Å². The summed E-state index contributed by atoms with van der Waals surface area (Å²) in [6.07, 6.45) is 1.48. The number of carbonyl (C=O) groups is 2. The van der Waals surface area contributed by atoms with Crippen LogP contribution in [0.25, 0.3) is 0 Å². The third-order valence-corrected chi connectivity index (χ3v) is 6.62. The van der Waals surface area contributed by atoms with Crippen LogP contribution in [0.3, 0.4) is 0 Å². The molecule has 3 aliphatic rings. The summed E-state index contributed by atoms with van der Waals surface area (Å²) in [6.45, 7) is 0.990. The quantitative estimate of drug-likeness (QED) is 0.666. The predicted molar refractivity (Wildman–Crippen MR) is 115 cm³/mol. The summed E-state index contributed by atoms with van der Waals surface area (Å²) in [5.74, 6) is 0.570. The number of aromatic nitrogens is 2. The standard InChI is InChI=1S/C24H25F3N4O3/c25-24(26,27)17-3-1-2-15(8-17)9-23(33)30-7-6-22(32)31-14-19(10-18(31)13-30)34-21-12-28-20(11-29-21)16-4-5-16/h1-3,8,11-12,16,18-19H,4-7,9-10,13-14H2. The molecule has 1 saturated carbocycles. The highest BCUT2D eigenvalue weighted by molar-refractivity contribution is 5.82. The van der Waals surface area contributed by atoms with Gasteiger partial charge in [-0.15, -0.1) is 0 Å². The van der Waals surface area contributed by atoms with E-state index in [1.165, 1.54) is 12.1 Å². The van der Waals surface area contributed by atoms with Crippen LogP contribution < -0.4 is 4.74 Å². The molecular weight excluding hydrogens is 449 g/mol. The van der Waals surface area contributed by atoms with Gasteiger partial charge in [-0.2, -0.15) is 13.2 Å². The minimum absolute atomic E-state index is 0.0550. The predicted octanol–water partition coefficient (Wildman–Crippen LogP) is 3.20. The Bertz CT molecular complexity index is 1070. The van der Waals surface area contributed by atoms with E-state index in [0.29, 0.717) is 36.9 Å². The third-order valence-electron chi connectivity index (χ3n) is 6.62. The largest absolute Gasteiger partial charge is 0.471 e. The number of fused-ring (bicyclic) bond motifs is 1. The van der Waals surface area contributed by atoms with Gasteiger partial charge in [0.1, 0.15) is 6.10 Å². The van der Waals surface area contributed by atoms with Crippen LogP contribution in [0, 0.1) is 0 Å². The molecular formula is C24H25F3N4O3. The lowest BCUT2D eigenvalue weighted by Gasteiger charge is -2.25. The highest BCUT2D eigenvalue weighted by Gasteiger charge is 2.40. The molecule has 1 aliphatic carbocycles. The summed E-state index contributed by atoms with van der Waals surface area (Å²) >= 11 is 0. The Kier molecular flexibility index (Phi) is 5.91. The molecule has 3 fully saturated rings. The van der Waals surface area contributed by atoms with E-state index in [4.69, 9.17) is 4.74 Å². The van der Waals surface area contributed by atoms with Crippen molar-refractivity contribution in [2.45, 2.75) is 56.3 Å². The van der Waals surface area contributed by atoms with Gasteiger partial charge in [0.25, 0.3) is 0 Å². The number of ether oxygens (including phenoxy) is 1. The highest BCUT2D eigenvalue weighted by Crippen LogP contribution is 2.38. The molecule has 0 radical (unpaired) electrons. The first-order chi connectivity index (χ1) is 16.3. The maximum Gasteiger partial charge on any atom is 0.416 e. The second-order valence-corrected chi connectivity index (χ2v) is 9.19. The minimum atomic E-state index is -4.46. The molecule has 0 bridgehead atoms. The molecule has 10 heteroatoms. The van der Waals surface area contributed by atoms with E-state index in [0.717, 1.165) is 30.7 Å². The van der Waals surface area contributed by atoms with E-state index >= 15 is 0 Å². The van der Waals surface area contributed by atoms with Crippen LogP contribution in [0.2, 0.25) is 0 Å². The smallest absolute Gasteiger partial charge is 0.416 e. The lowest BCUT2D eigenvalue weighted by molar-refractivity contribution is -0.138. The van der Waals surface area contributed by atoms with E-state index in [1.54, 1.807) is 22.2 Å². The topological polar surface area (TPSA) is 75.6 Å². The van der Waals surface area contributed by atoms with Crippen LogP contribution in [-0.4, -0.2) is 63.4 Å². The Morgan fingerprint density at radius 1 is 1.15 bits per heavy atom. The molecule has 3 heterocycles. The van der Waals surface area contributed by atoms with Crippen LogP contribution in [-0.2, 0) is 22.2 Å². The summed E-state index contributed by atoms with van der Waals surface area (Å²) in [6, 6.07) is 4.60. The van der Waals surface area contributed by atoms with Gasteiger partial charge < -0.3 is 14.5 Å². The number of amides is 2. The van der Waals surface area contributed by atoms with Crippen LogP contribution in [0.5, 0.6) is 5.88 Å². The summed E-state index contributed by atoms with van der Waals surface area (Å²) in [7, 11) is 0. The van der Waals surface area contributed by atoms with Crippen molar-refractivity contribution in [2.75, 3.05) is 19.6 Å². The number of rotatable bonds is 5. The SMILES string of the molecule is O=C(Cc1cccc(C(F)(F)F)c1)N1CCC(=O)N2CC(Oc3cnc(C4CC4)cn3)CC2C1. The second kappa shape index (κ2) is 8.88. The zero-order valence-electron chi connectivity index (χ0n) is 18.5. The molecule has 2 unspecified atom stereocenters. The van der Waals surface area contributed by atoms with Crippen molar-refractivity contribution in [3.63, 3.8) is 0 Å². The average Bonchev–Trinajstić information content (AvgIpc) is 3.59. The van der Waals surface area contributed by atoms with E-state index in [1.807, 2.05) is 0 Å². The Morgan fingerprint density at radius 2 is 1.97 bits per heavy atom. The first-order valence-corrected chi connectivity index (χ1v) is 11.5. The number of hydrogen-bond donors (Lipinski definition) is 0. The normalized spacial score (nSPS) is 23.0. The third kappa shape index (κ3) is 5.00. The second-order valence-electron chi connectivity index (χ2n) is 9.19. The monoisotopic (exact) mass is 474 g/mol. The lowest BCUT2D eigenvalue weighted by Crippen LogP contribution is -2.41. The molecule has 5 rings (SSSR count). The summed E-state index contributed by atoms with van der Waals surface area (Å²) < 4.78 is 45.0. The van der Waals surface area contributed by atoms with Crippen LogP contribution >= 0.6 is 0 Å². The number of alkyl halides is 3. The fourth-order valence-electron chi connectivity index (χ4n) is 4.68. The number of hydrogen-bond acceptors (Lipinski definition) is 5. The first kappa shape index (κ1) is 22.6. The molecule has 2 saturated heterocycles. The van der Waals surface area contributed by atoms with Gasteiger partial charge in [0.05, 0.1) is 42.7 Å². The van der Waals surface area contributed by atoms with Gasteiger partial charge >= 0.3 is 6.18 Å². The van der Waals surface area contributed by atoms with E-state index in [2.05, 4.69) is 9.97 Å². The van der Waals surface area contributed by atoms with Gasteiger partial charge in [0.2, 0.25) is 17.7 Å². The van der Waals surface area contributed by atoms with E-state index in [9.17, 15) is 22.8 Å². The van der Waals surface area contributed by atoms with Crippen LogP contribution in [0.1, 0.15) is 48.4 Å². The van der Waals surface area contributed by atoms with Gasteiger partial charge in [-0.3, -0.25) is 14.6 Å². The summed E-state index contributed by atoms with van der Waals surface area (Å²) in [5.41, 5.74) is 0.491. The number of carbonyl (C=O) groups excluding carboxylic acids is 2. The van der Waals surface area contributed by atoms with Crippen molar-refractivity contribution in [3.05, 3.63) is 53.5 Å². The molecule has 2 atom stereocenters. The van der Waals surface area contributed by atoms with E-state index in [-0.39, 0.29) is 43.3 Å². The first-order valence-electron chi connectivity index (χ1n) is 11.5. The van der Waals surface area contributed by atoms with Gasteiger partial charge in [-0.25, -0.2) is 4.98 Å². The Labute approximate surface area is 194 Å². The van der Waals surface area contributed by atoms with Crippen molar-refractivity contribution in [1.29, 1.82) is 0 Å². The Hall–Kier alpha value is -3.17. The van der Waals surface area contributed by atoms with Crippen molar-refractivity contribution < 1.29 is 27.5 Å².